The van der Waals surface area contributed by atoms with Gasteiger partial charge in [-0.05, 0) is 42.8 Å². The molecule has 1 aliphatic heterocycles. The molecule has 0 spiro atoms. The summed E-state index contributed by atoms with van der Waals surface area (Å²) in [6, 6.07) is 11.3. The summed E-state index contributed by atoms with van der Waals surface area (Å²) in [4.78, 5) is 27.0. The zero-order valence-corrected chi connectivity index (χ0v) is 18.9. The summed E-state index contributed by atoms with van der Waals surface area (Å²) >= 11 is 9.64. The number of halogens is 2. The fourth-order valence-electron chi connectivity index (χ4n) is 3.37. The van der Waals surface area contributed by atoms with Crippen LogP contribution in [-0.2, 0) is 14.3 Å². The molecule has 0 bridgehead atoms. The minimum atomic E-state index is -0.749. The van der Waals surface area contributed by atoms with Gasteiger partial charge in [0.2, 0.25) is 0 Å². The lowest BCUT2D eigenvalue weighted by molar-refractivity contribution is -0.140. The maximum atomic E-state index is 12.9. The standard InChI is InChI=1S/C22H21BrClNO5/c1-3-30-17-9-6-14(12-16(17)24)20(26)18-19(13-4-7-15(23)8-5-13)25(10-11-29-2)22(28)21(18)27/h4-9,12,19,26H,3,10-11H2,1-2H3/b20-18-. The van der Waals surface area contributed by atoms with Crippen molar-refractivity contribution in [3.63, 3.8) is 0 Å². The van der Waals surface area contributed by atoms with Crippen LogP contribution in [-0.4, -0.2) is 48.6 Å². The van der Waals surface area contributed by atoms with E-state index in [2.05, 4.69) is 15.9 Å². The highest BCUT2D eigenvalue weighted by molar-refractivity contribution is 9.10. The topological polar surface area (TPSA) is 76.1 Å². The lowest BCUT2D eigenvalue weighted by Gasteiger charge is -2.25. The molecule has 158 valence electrons. The van der Waals surface area contributed by atoms with Gasteiger partial charge in [0.05, 0.1) is 29.9 Å². The number of Topliss-reactive ketones (excluding diaryl/α,β-unsaturated/α-hetero) is 1. The minimum absolute atomic E-state index is 0.0126. The molecule has 0 saturated carbocycles. The number of aliphatic hydroxyl groups excluding tert-OH is 1. The van der Waals surface area contributed by atoms with Gasteiger partial charge in [0.25, 0.3) is 11.7 Å². The fraction of sp³-hybridized carbons (Fsp3) is 0.273. The Labute approximate surface area is 188 Å². The molecule has 2 aromatic carbocycles. The molecule has 0 radical (unpaired) electrons. The summed E-state index contributed by atoms with van der Waals surface area (Å²) in [6.45, 7) is 2.75. The minimum Gasteiger partial charge on any atom is -0.507 e. The second kappa shape index (κ2) is 9.64. The summed E-state index contributed by atoms with van der Waals surface area (Å²) in [6.07, 6.45) is 0. The monoisotopic (exact) mass is 493 g/mol. The van der Waals surface area contributed by atoms with Crippen LogP contribution in [0, 0.1) is 0 Å². The van der Waals surface area contributed by atoms with Crippen molar-refractivity contribution in [3.8, 4) is 5.75 Å². The predicted molar refractivity (Wildman–Crippen MR) is 118 cm³/mol. The quantitative estimate of drug-likeness (QED) is 0.347. The summed E-state index contributed by atoms with van der Waals surface area (Å²) in [5, 5.41) is 11.3. The van der Waals surface area contributed by atoms with Gasteiger partial charge in [0.15, 0.2) is 0 Å². The number of hydrogen-bond donors (Lipinski definition) is 1. The number of methoxy groups -OCH3 is 1. The number of hydrogen-bond acceptors (Lipinski definition) is 5. The number of rotatable bonds is 7. The van der Waals surface area contributed by atoms with E-state index in [0.717, 1.165) is 4.47 Å². The van der Waals surface area contributed by atoms with Crippen LogP contribution in [0.5, 0.6) is 5.75 Å². The van der Waals surface area contributed by atoms with Gasteiger partial charge < -0.3 is 19.5 Å². The Kier molecular flexibility index (Phi) is 7.18. The predicted octanol–water partition coefficient (Wildman–Crippen LogP) is 4.57. The number of ether oxygens (including phenoxy) is 2. The van der Waals surface area contributed by atoms with E-state index in [-0.39, 0.29) is 24.5 Å². The lowest BCUT2D eigenvalue weighted by Crippen LogP contribution is -2.32. The van der Waals surface area contributed by atoms with Gasteiger partial charge in [-0.1, -0.05) is 39.7 Å². The molecule has 0 aromatic heterocycles. The number of carbonyl (C=O) groups is 2. The molecule has 1 saturated heterocycles. The Bertz CT molecular complexity index is 990. The number of carbonyl (C=O) groups excluding carboxylic acids is 2. The Morgan fingerprint density at radius 3 is 2.50 bits per heavy atom. The number of amides is 1. The average molecular weight is 495 g/mol. The Hall–Kier alpha value is -2.35. The molecule has 1 fully saturated rings. The number of benzene rings is 2. The lowest BCUT2D eigenvalue weighted by atomic mass is 9.95. The smallest absolute Gasteiger partial charge is 0.295 e. The van der Waals surface area contributed by atoms with Crippen LogP contribution in [0.25, 0.3) is 5.76 Å². The highest BCUT2D eigenvalue weighted by Crippen LogP contribution is 2.40. The Morgan fingerprint density at radius 2 is 1.90 bits per heavy atom. The molecule has 1 heterocycles. The normalized spacial score (nSPS) is 18.1. The van der Waals surface area contributed by atoms with E-state index in [0.29, 0.717) is 28.5 Å². The van der Waals surface area contributed by atoms with Crippen molar-refractivity contribution in [1.29, 1.82) is 0 Å². The molecular formula is C22H21BrClNO5. The summed E-state index contributed by atoms with van der Waals surface area (Å²) in [7, 11) is 1.52. The van der Waals surface area contributed by atoms with Crippen LogP contribution < -0.4 is 4.74 Å². The average Bonchev–Trinajstić information content (AvgIpc) is 2.98. The molecule has 1 unspecified atom stereocenters. The number of nitrogens with zero attached hydrogens (tertiary/aromatic N) is 1. The summed E-state index contributed by atoms with van der Waals surface area (Å²) < 4.78 is 11.4. The first-order valence-corrected chi connectivity index (χ1v) is 10.5. The number of aliphatic hydroxyl groups is 1. The first kappa shape index (κ1) is 22.3. The first-order valence-electron chi connectivity index (χ1n) is 9.34. The molecule has 1 aliphatic rings. The second-order valence-corrected chi connectivity index (χ2v) is 7.94. The number of ketones is 1. The second-order valence-electron chi connectivity index (χ2n) is 6.62. The van der Waals surface area contributed by atoms with E-state index in [4.69, 9.17) is 21.1 Å². The van der Waals surface area contributed by atoms with Crippen molar-refractivity contribution >= 4 is 45.0 Å². The van der Waals surface area contributed by atoms with Crippen molar-refractivity contribution in [1.82, 2.24) is 4.90 Å². The molecule has 0 aliphatic carbocycles. The van der Waals surface area contributed by atoms with Crippen LogP contribution in [0.3, 0.4) is 0 Å². The molecule has 8 heteroatoms. The van der Waals surface area contributed by atoms with Gasteiger partial charge in [0.1, 0.15) is 11.5 Å². The van der Waals surface area contributed by atoms with Gasteiger partial charge in [-0.15, -0.1) is 0 Å². The van der Waals surface area contributed by atoms with Crippen molar-refractivity contribution in [2.24, 2.45) is 0 Å². The zero-order chi connectivity index (χ0) is 21.8. The van der Waals surface area contributed by atoms with E-state index in [1.165, 1.54) is 18.1 Å². The molecule has 1 N–H and O–H groups in total. The molecule has 30 heavy (non-hydrogen) atoms. The van der Waals surface area contributed by atoms with Gasteiger partial charge in [0, 0.05) is 23.7 Å². The Morgan fingerprint density at radius 1 is 1.20 bits per heavy atom. The maximum absolute atomic E-state index is 12.9. The van der Waals surface area contributed by atoms with E-state index in [9.17, 15) is 14.7 Å². The highest BCUT2D eigenvalue weighted by Gasteiger charge is 2.45. The van der Waals surface area contributed by atoms with Gasteiger partial charge >= 0.3 is 0 Å². The van der Waals surface area contributed by atoms with E-state index in [1.807, 2.05) is 19.1 Å². The third kappa shape index (κ3) is 4.38. The molecule has 6 nitrogen and oxygen atoms in total. The van der Waals surface area contributed by atoms with Crippen molar-refractivity contribution in [2.75, 3.05) is 26.9 Å². The van der Waals surface area contributed by atoms with Gasteiger partial charge in [-0.25, -0.2) is 0 Å². The summed E-state index contributed by atoms with van der Waals surface area (Å²) in [5.74, 6) is -1.24. The zero-order valence-electron chi connectivity index (χ0n) is 16.5. The van der Waals surface area contributed by atoms with Gasteiger partial charge in [-0.3, -0.25) is 9.59 Å². The van der Waals surface area contributed by atoms with Crippen LogP contribution in [0.2, 0.25) is 5.02 Å². The molecule has 1 amide bonds. The fourth-order valence-corrected chi connectivity index (χ4v) is 3.87. The largest absolute Gasteiger partial charge is 0.507 e. The third-order valence-electron chi connectivity index (χ3n) is 4.77. The maximum Gasteiger partial charge on any atom is 0.295 e. The molecule has 1 atom stereocenters. The first-order chi connectivity index (χ1) is 14.4. The van der Waals surface area contributed by atoms with Crippen molar-refractivity contribution in [2.45, 2.75) is 13.0 Å². The highest BCUT2D eigenvalue weighted by atomic mass is 79.9. The third-order valence-corrected chi connectivity index (χ3v) is 5.59. The van der Waals surface area contributed by atoms with Crippen molar-refractivity contribution in [3.05, 3.63) is 68.7 Å². The van der Waals surface area contributed by atoms with Crippen LogP contribution >= 0.6 is 27.5 Å². The van der Waals surface area contributed by atoms with Gasteiger partial charge in [-0.2, -0.15) is 0 Å². The number of likely N-dealkylation sites (tertiary alicyclic amines) is 1. The van der Waals surface area contributed by atoms with Crippen LogP contribution in [0.1, 0.15) is 24.1 Å². The molecular weight excluding hydrogens is 474 g/mol. The van der Waals surface area contributed by atoms with E-state index < -0.39 is 17.7 Å². The van der Waals surface area contributed by atoms with E-state index >= 15 is 0 Å². The summed E-state index contributed by atoms with van der Waals surface area (Å²) in [5.41, 5.74) is 1.04. The van der Waals surface area contributed by atoms with Crippen molar-refractivity contribution < 1.29 is 24.2 Å². The Balaban J connectivity index is 2.13. The van der Waals surface area contributed by atoms with Crippen LogP contribution in [0.15, 0.2) is 52.5 Å². The van der Waals surface area contributed by atoms with Crippen LogP contribution in [0.4, 0.5) is 0 Å². The van der Waals surface area contributed by atoms with E-state index in [1.54, 1.807) is 24.3 Å². The molecule has 2 aromatic rings. The molecule has 3 rings (SSSR count). The SMILES string of the molecule is CCOc1ccc(/C(O)=C2/C(=O)C(=O)N(CCOC)C2c2ccc(Br)cc2)cc1Cl.